The van der Waals surface area contributed by atoms with Crippen molar-refractivity contribution >= 4 is 11.8 Å². The van der Waals surface area contributed by atoms with Gasteiger partial charge in [-0.1, -0.05) is 181 Å². The van der Waals surface area contributed by atoms with Gasteiger partial charge in [-0.05, 0) is 76.8 Å². The highest BCUT2D eigenvalue weighted by Gasteiger charge is 2.21. The standard InChI is InChI=1S/C51H102N4O3/c1-4-7-10-13-16-17-18-21-29-38-50(57)52-39-31-24-33-42-55(49-36-27-22-28-37-49)44-43-54(45-46-56)41-32-23-30-40-53-51(58)47-48(34-25-19-14-11-8-5-2)35-26-20-15-12-9-6-3/h48-49,56H,4-47H2,1-3H3,(H,52,57)(H,53,58). The van der Waals surface area contributed by atoms with Crippen LogP contribution in [-0.4, -0.2) is 85.2 Å². The number of amides is 2. The van der Waals surface area contributed by atoms with E-state index in [0.29, 0.717) is 24.8 Å². The number of aliphatic hydroxyl groups excluding tert-OH is 1. The number of rotatable bonds is 44. The summed E-state index contributed by atoms with van der Waals surface area (Å²) >= 11 is 0. The van der Waals surface area contributed by atoms with Gasteiger partial charge in [-0.15, -0.1) is 0 Å². The molecule has 7 nitrogen and oxygen atoms in total. The average Bonchev–Trinajstić information content (AvgIpc) is 3.23. The number of carbonyl (C=O) groups excluding carboxylic acids is 2. The molecule has 0 aromatic carbocycles. The van der Waals surface area contributed by atoms with Crippen molar-refractivity contribution in [1.29, 1.82) is 0 Å². The maximum absolute atomic E-state index is 13.0. The summed E-state index contributed by atoms with van der Waals surface area (Å²) in [6, 6.07) is 0.695. The van der Waals surface area contributed by atoms with E-state index < -0.39 is 0 Å². The first-order chi connectivity index (χ1) is 28.5. The van der Waals surface area contributed by atoms with Gasteiger partial charge in [0.2, 0.25) is 11.8 Å². The van der Waals surface area contributed by atoms with Crippen molar-refractivity contribution in [1.82, 2.24) is 20.4 Å². The summed E-state index contributed by atoms with van der Waals surface area (Å²) in [6.07, 6.45) is 44.7. The predicted octanol–water partition coefficient (Wildman–Crippen LogP) is 12.9. The second kappa shape index (κ2) is 42.5. The molecule has 0 atom stereocenters. The largest absolute Gasteiger partial charge is 0.395 e. The highest BCUT2D eigenvalue weighted by atomic mass is 16.3. The number of hydrogen-bond donors (Lipinski definition) is 3. The average molecular weight is 819 g/mol. The molecule has 1 rings (SSSR count). The lowest BCUT2D eigenvalue weighted by atomic mass is 9.91. The number of aliphatic hydroxyl groups is 1. The van der Waals surface area contributed by atoms with Crippen molar-refractivity contribution in [3.05, 3.63) is 0 Å². The maximum Gasteiger partial charge on any atom is 0.220 e. The molecular formula is C51H102N4O3. The topological polar surface area (TPSA) is 84.9 Å². The Morgan fingerprint density at radius 2 is 0.966 bits per heavy atom. The molecule has 7 heteroatoms. The molecule has 1 aliphatic carbocycles. The van der Waals surface area contributed by atoms with E-state index in [0.717, 1.165) is 84.3 Å². The van der Waals surface area contributed by atoms with Gasteiger partial charge in [0.25, 0.3) is 0 Å². The molecule has 0 bridgehead atoms. The summed E-state index contributed by atoms with van der Waals surface area (Å²) in [5.74, 6) is 1.05. The molecule has 0 heterocycles. The van der Waals surface area contributed by atoms with Crippen molar-refractivity contribution in [2.24, 2.45) is 5.92 Å². The van der Waals surface area contributed by atoms with Crippen LogP contribution in [0.25, 0.3) is 0 Å². The second-order valence-corrected chi connectivity index (χ2v) is 18.5. The number of carbonyl (C=O) groups is 2. The summed E-state index contributed by atoms with van der Waals surface area (Å²) in [7, 11) is 0. The Morgan fingerprint density at radius 3 is 1.50 bits per heavy atom. The third-order valence-electron chi connectivity index (χ3n) is 13.0. The van der Waals surface area contributed by atoms with Gasteiger partial charge in [0.05, 0.1) is 6.61 Å². The van der Waals surface area contributed by atoms with Crippen LogP contribution in [-0.2, 0) is 9.59 Å². The summed E-state index contributed by atoms with van der Waals surface area (Å²) in [5.41, 5.74) is 0. The van der Waals surface area contributed by atoms with Crippen molar-refractivity contribution in [2.45, 2.75) is 258 Å². The lowest BCUT2D eigenvalue weighted by molar-refractivity contribution is -0.122. The Bertz CT molecular complexity index is 866. The van der Waals surface area contributed by atoms with Crippen LogP contribution in [0, 0.1) is 5.92 Å². The van der Waals surface area contributed by atoms with Crippen LogP contribution in [0.3, 0.4) is 0 Å². The van der Waals surface area contributed by atoms with Crippen LogP contribution in [0.5, 0.6) is 0 Å². The molecule has 0 unspecified atom stereocenters. The fraction of sp³-hybridized carbons (Fsp3) is 0.961. The van der Waals surface area contributed by atoms with Gasteiger partial charge in [-0.3, -0.25) is 19.4 Å². The molecule has 0 spiro atoms. The van der Waals surface area contributed by atoms with Crippen LogP contribution in [0.15, 0.2) is 0 Å². The fourth-order valence-electron chi connectivity index (χ4n) is 9.17. The van der Waals surface area contributed by atoms with Gasteiger partial charge >= 0.3 is 0 Å². The molecule has 2 amide bonds. The molecule has 3 N–H and O–H groups in total. The second-order valence-electron chi connectivity index (χ2n) is 18.5. The van der Waals surface area contributed by atoms with Crippen LogP contribution in [0.4, 0.5) is 0 Å². The Hall–Kier alpha value is -1.18. The lowest BCUT2D eigenvalue weighted by Crippen LogP contribution is -2.43. The molecule has 344 valence electrons. The molecule has 0 aliphatic heterocycles. The molecule has 0 aromatic heterocycles. The first-order valence-electron chi connectivity index (χ1n) is 26.1. The van der Waals surface area contributed by atoms with Crippen molar-refractivity contribution in [3.63, 3.8) is 0 Å². The fourth-order valence-corrected chi connectivity index (χ4v) is 9.17. The molecule has 1 saturated carbocycles. The van der Waals surface area contributed by atoms with Gasteiger partial charge in [0.15, 0.2) is 0 Å². The lowest BCUT2D eigenvalue weighted by Gasteiger charge is -2.36. The first-order valence-corrected chi connectivity index (χ1v) is 26.1. The van der Waals surface area contributed by atoms with E-state index in [-0.39, 0.29) is 18.4 Å². The zero-order valence-corrected chi connectivity index (χ0v) is 39.4. The van der Waals surface area contributed by atoms with Gasteiger partial charge in [0.1, 0.15) is 0 Å². The number of unbranched alkanes of at least 4 members (excludes halogenated alkanes) is 22. The van der Waals surface area contributed by atoms with E-state index in [4.69, 9.17) is 0 Å². The molecule has 0 aromatic rings. The van der Waals surface area contributed by atoms with E-state index >= 15 is 0 Å². The zero-order chi connectivity index (χ0) is 42.0. The Labute approximate surface area is 362 Å². The summed E-state index contributed by atoms with van der Waals surface area (Å²) in [6.45, 7) is 13.6. The SMILES string of the molecule is CCCCCCCCCCCC(=O)NCCCCCN(CCN(CCO)CCCCCNC(=O)CC(CCCCCCCC)CCCCCCCC)C1CCCCC1. The van der Waals surface area contributed by atoms with Crippen LogP contribution in [0.1, 0.15) is 252 Å². The minimum absolute atomic E-state index is 0.211. The minimum Gasteiger partial charge on any atom is -0.395 e. The molecule has 58 heavy (non-hydrogen) atoms. The van der Waals surface area contributed by atoms with Crippen LogP contribution >= 0.6 is 0 Å². The van der Waals surface area contributed by atoms with E-state index in [9.17, 15) is 14.7 Å². The molecular weight excluding hydrogens is 717 g/mol. The quantitative estimate of drug-likeness (QED) is 0.0533. The molecule has 0 saturated heterocycles. The zero-order valence-electron chi connectivity index (χ0n) is 39.4. The van der Waals surface area contributed by atoms with Crippen molar-refractivity contribution in [2.75, 3.05) is 52.4 Å². The third-order valence-corrected chi connectivity index (χ3v) is 13.0. The Balaban J connectivity index is 2.32. The van der Waals surface area contributed by atoms with Gasteiger partial charge in [-0.2, -0.15) is 0 Å². The minimum atomic E-state index is 0.211. The molecule has 0 radical (unpaired) electrons. The normalized spacial score (nSPS) is 13.6. The van der Waals surface area contributed by atoms with Crippen LogP contribution < -0.4 is 10.6 Å². The summed E-state index contributed by atoms with van der Waals surface area (Å²) < 4.78 is 0. The number of nitrogens with zero attached hydrogens (tertiary/aromatic N) is 2. The number of hydrogen-bond acceptors (Lipinski definition) is 5. The molecule has 1 aliphatic rings. The summed E-state index contributed by atoms with van der Waals surface area (Å²) in [4.78, 5) is 30.6. The monoisotopic (exact) mass is 819 g/mol. The predicted molar refractivity (Wildman–Crippen MR) is 252 cm³/mol. The van der Waals surface area contributed by atoms with Crippen LogP contribution in [0.2, 0.25) is 0 Å². The summed E-state index contributed by atoms with van der Waals surface area (Å²) in [5, 5.41) is 16.3. The maximum atomic E-state index is 13.0. The highest BCUT2D eigenvalue weighted by Crippen LogP contribution is 2.24. The Kier molecular flexibility index (Phi) is 40.2. The number of nitrogens with one attached hydrogen (secondary N) is 2. The highest BCUT2D eigenvalue weighted by molar-refractivity contribution is 5.76. The van der Waals surface area contributed by atoms with E-state index in [1.165, 1.54) is 180 Å². The van der Waals surface area contributed by atoms with Crippen molar-refractivity contribution < 1.29 is 14.7 Å². The van der Waals surface area contributed by atoms with Gasteiger partial charge in [-0.25, -0.2) is 0 Å². The van der Waals surface area contributed by atoms with Gasteiger partial charge in [0, 0.05) is 51.6 Å². The van der Waals surface area contributed by atoms with E-state index in [1.54, 1.807) is 0 Å². The van der Waals surface area contributed by atoms with Crippen molar-refractivity contribution in [3.8, 4) is 0 Å². The van der Waals surface area contributed by atoms with E-state index in [1.807, 2.05) is 0 Å². The Morgan fingerprint density at radius 1 is 0.500 bits per heavy atom. The van der Waals surface area contributed by atoms with Gasteiger partial charge < -0.3 is 15.7 Å². The smallest absolute Gasteiger partial charge is 0.220 e. The molecule has 1 fully saturated rings. The van der Waals surface area contributed by atoms with E-state index in [2.05, 4.69) is 41.2 Å². The third kappa shape index (κ3) is 34.5. The first kappa shape index (κ1) is 54.8.